The largest absolute Gasteiger partial charge is 0.484 e. The lowest BCUT2D eigenvalue weighted by molar-refractivity contribution is -0.123. The number of para-hydroxylation sites is 1. The summed E-state index contributed by atoms with van der Waals surface area (Å²) in [6, 6.07) is 16.5. The number of carbonyl (C=O) groups is 2. The lowest BCUT2D eigenvalue weighted by Crippen LogP contribution is -2.26. The fourth-order valence-electron chi connectivity index (χ4n) is 2.18. The number of hydrogen-bond acceptors (Lipinski definition) is 5. The van der Waals surface area contributed by atoms with E-state index >= 15 is 0 Å². The van der Waals surface area contributed by atoms with Crippen LogP contribution in [0.5, 0.6) is 5.75 Å². The molecule has 7 nitrogen and oxygen atoms in total. The van der Waals surface area contributed by atoms with Crippen LogP contribution in [0, 0.1) is 0 Å². The first-order valence-electron chi connectivity index (χ1n) is 8.51. The maximum absolute atomic E-state index is 12.1. The highest BCUT2D eigenvalue weighted by Crippen LogP contribution is 2.15. The van der Waals surface area contributed by atoms with Gasteiger partial charge in [0.15, 0.2) is 6.61 Å². The Labute approximate surface area is 159 Å². The molecule has 0 atom stereocenters. The van der Waals surface area contributed by atoms with Crippen molar-refractivity contribution in [3.8, 4) is 5.75 Å². The second-order valence-electron chi connectivity index (χ2n) is 6.15. The lowest BCUT2D eigenvalue weighted by Gasteiger charge is -2.13. The van der Waals surface area contributed by atoms with E-state index in [1.54, 1.807) is 19.1 Å². The van der Waals surface area contributed by atoms with E-state index in [4.69, 9.17) is 4.74 Å². The summed E-state index contributed by atoms with van der Waals surface area (Å²) in [7, 11) is 3.90. The zero-order valence-corrected chi connectivity index (χ0v) is 15.7. The van der Waals surface area contributed by atoms with Gasteiger partial charge < -0.3 is 15.0 Å². The van der Waals surface area contributed by atoms with Crippen LogP contribution in [0.2, 0.25) is 0 Å². The first-order valence-corrected chi connectivity index (χ1v) is 8.51. The Hall–Kier alpha value is -3.35. The fourth-order valence-corrected chi connectivity index (χ4v) is 2.18. The lowest BCUT2D eigenvalue weighted by atomic mass is 10.2. The molecule has 2 aromatic rings. The van der Waals surface area contributed by atoms with Crippen LogP contribution in [0.1, 0.15) is 13.3 Å². The van der Waals surface area contributed by atoms with Crippen LogP contribution in [-0.2, 0) is 9.59 Å². The predicted molar refractivity (Wildman–Crippen MR) is 107 cm³/mol. The molecule has 0 spiro atoms. The highest BCUT2D eigenvalue weighted by atomic mass is 16.5. The van der Waals surface area contributed by atoms with E-state index in [1.165, 1.54) is 0 Å². The molecule has 7 heteroatoms. The zero-order chi connectivity index (χ0) is 19.6. The van der Waals surface area contributed by atoms with E-state index in [0.717, 1.165) is 5.69 Å². The standard InChI is InChI=1S/C20H24N4O3/c1-15(22-23-20(26)14-27-18-7-5-4-6-8-18)13-19(25)21-16-9-11-17(12-10-16)24(2)3/h4-12H,13-14H2,1-3H3,(H,21,25)(H,23,26). The van der Waals surface area contributed by atoms with Crippen molar-refractivity contribution in [3.63, 3.8) is 0 Å². The Balaban J connectivity index is 1.75. The smallest absolute Gasteiger partial charge is 0.277 e. The van der Waals surface area contributed by atoms with Crippen molar-refractivity contribution in [1.29, 1.82) is 0 Å². The van der Waals surface area contributed by atoms with Gasteiger partial charge in [0.05, 0.1) is 6.42 Å². The van der Waals surface area contributed by atoms with E-state index in [9.17, 15) is 9.59 Å². The Kier molecular flexibility index (Phi) is 7.37. The number of anilines is 2. The zero-order valence-electron chi connectivity index (χ0n) is 15.7. The first-order chi connectivity index (χ1) is 12.9. The van der Waals surface area contributed by atoms with Crippen molar-refractivity contribution in [2.75, 3.05) is 30.9 Å². The molecule has 0 heterocycles. The first kappa shape index (κ1) is 20.0. The number of hydrazone groups is 1. The van der Waals surface area contributed by atoms with E-state index in [2.05, 4.69) is 15.8 Å². The van der Waals surface area contributed by atoms with Gasteiger partial charge in [-0.3, -0.25) is 9.59 Å². The van der Waals surface area contributed by atoms with Crippen molar-refractivity contribution >= 4 is 28.9 Å². The molecule has 0 saturated carbocycles. The van der Waals surface area contributed by atoms with Gasteiger partial charge in [0.25, 0.3) is 5.91 Å². The molecule has 0 aliphatic heterocycles. The Bertz CT molecular complexity index is 787. The molecular weight excluding hydrogens is 344 g/mol. The number of hydrogen-bond donors (Lipinski definition) is 2. The summed E-state index contributed by atoms with van der Waals surface area (Å²) >= 11 is 0. The summed E-state index contributed by atoms with van der Waals surface area (Å²) in [4.78, 5) is 25.8. The SMILES string of the molecule is CC(CC(=O)Nc1ccc(N(C)C)cc1)=NNC(=O)COc1ccccc1. The molecule has 0 aromatic heterocycles. The summed E-state index contributed by atoms with van der Waals surface area (Å²) < 4.78 is 5.32. The second kappa shape index (κ2) is 9.96. The number of ether oxygens (including phenoxy) is 1. The van der Waals surface area contributed by atoms with Crippen molar-refractivity contribution in [2.45, 2.75) is 13.3 Å². The molecule has 0 unspecified atom stereocenters. The van der Waals surface area contributed by atoms with Gasteiger partial charge in [-0.05, 0) is 43.3 Å². The van der Waals surface area contributed by atoms with Gasteiger partial charge in [-0.2, -0.15) is 5.10 Å². The van der Waals surface area contributed by atoms with Gasteiger partial charge in [0, 0.05) is 31.2 Å². The average molecular weight is 368 g/mol. The maximum Gasteiger partial charge on any atom is 0.277 e. The molecule has 2 N–H and O–H groups in total. The third-order valence-electron chi connectivity index (χ3n) is 3.57. The Morgan fingerprint density at radius 1 is 1.00 bits per heavy atom. The molecule has 2 amide bonds. The van der Waals surface area contributed by atoms with Crippen LogP contribution in [0.15, 0.2) is 59.7 Å². The molecule has 0 aliphatic carbocycles. The van der Waals surface area contributed by atoms with E-state index in [-0.39, 0.29) is 18.9 Å². The van der Waals surface area contributed by atoms with E-state index < -0.39 is 5.91 Å². The van der Waals surface area contributed by atoms with Gasteiger partial charge >= 0.3 is 0 Å². The van der Waals surface area contributed by atoms with Gasteiger partial charge in [-0.1, -0.05) is 18.2 Å². The summed E-state index contributed by atoms with van der Waals surface area (Å²) in [6.45, 7) is 1.53. The van der Waals surface area contributed by atoms with Crippen LogP contribution in [-0.4, -0.2) is 38.2 Å². The van der Waals surface area contributed by atoms with Gasteiger partial charge in [0.1, 0.15) is 5.75 Å². The minimum absolute atomic E-state index is 0.0786. The second-order valence-corrected chi connectivity index (χ2v) is 6.15. The van der Waals surface area contributed by atoms with Crippen LogP contribution >= 0.6 is 0 Å². The van der Waals surface area contributed by atoms with E-state index in [1.807, 2.05) is 61.5 Å². The van der Waals surface area contributed by atoms with Gasteiger partial charge in [0.2, 0.25) is 5.91 Å². The number of rotatable bonds is 8. The molecule has 0 fully saturated rings. The molecule has 0 radical (unpaired) electrons. The van der Waals surface area contributed by atoms with Crippen molar-refractivity contribution < 1.29 is 14.3 Å². The minimum Gasteiger partial charge on any atom is -0.484 e. The molecule has 2 rings (SSSR count). The van der Waals surface area contributed by atoms with E-state index in [0.29, 0.717) is 17.1 Å². The molecule has 27 heavy (non-hydrogen) atoms. The average Bonchev–Trinajstić information content (AvgIpc) is 2.66. The monoisotopic (exact) mass is 368 g/mol. The highest BCUT2D eigenvalue weighted by molar-refractivity contribution is 6.05. The van der Waals surface area contributed by atoms with Gasteiger partial charge in [-0.25, -0.2) is 5.43 Å². The number of benzene rings is 2. The molecule has 2 aromatic carbocycles. The van der Waals surface area contributed by atoms with Crippen molar-refractivity contribution in [1.82, 2.24) is 5.43 Å². The quantitative estimate of drug-likeness (QED) is 0.554. The molecule has 0 bridgehead atoms. The molecule has 142 valence electrons. The number of nitrogens with one attached hydrogen (secondary N) is 2. The fraction of sp³-hybridized carbons (Fsp3) is 0.250. The number of nitrogens with zero attached hydrogens (tertiary/aromatic N) is 2. The molecular formula is C20H24N4O3. The summed E-state index contributed by atoms with van der Waals surface area (Å²) in [5.41, 5.74) is 4.63. The van der Waals surface area contributed by atoms with Crippen molar-refractivity contribution in [3.05, 3.63) is 54.6 Å². The van der Waals surface area contributed by atoms with Crippen molar-refractivity contribution in [2.24, 2.45) is 5.10 Å². The highest BCUT2D eigenvalue weighted by Gasteiger charge is 2.07. The number of amides is 2. The summed E-state index contributed by atoms with van der Waals surface area (Å²) in [6.07, 6.45) is 0.0786. The molecule has 0 aliphatic rings. The summed E-state index contributed by atoms with van der Waals surface area (Å²) in [5, 5.41) is 6.72. The molecule has 0 saturated heterocycles. The third-order valence-corrected chi connectivity index (χ3v) is 3.57. The minimum atomic E-state index is -0.391. The Morgan fingerprint density at radius 2 is 1.67 bits per heavy atom. The summed E-state index contributed by atoms with van der Waals surface area (Å²) in [5.74, 6) is 0.00883. The maximum atomic E-state index is 12.1. The van der Waals surface area contributed by atoms with Crippen LogP contribution in [0.4, 0.5) is 11.4 Å². The van der Waals surface area contributed by atoms with Crippen LogP contribution in [0.25, 0.3) is 0 Å². The topological polar surface area (TPSA) is 83.0 Å². The normalized spacial score (nSPS) is 10.9. The van der Waals surface area contributed by atoms with Crippen LogP contribution < -0.4 is 20.4 Å². The van der Waals surface area contributed by atoms with Gasteiger partial charge in [-0.15, -0.1) is 0 Å². The third kappa shape index (κ3) is 7.19. The van der Waals surface area contributed by atoms with Crippen LogP contribution in [0.3, 0.4) is 0 Å². The predicted octanol–water partition coefficient (Wildman–Crippen LogP) is 2.65. The number of carbonyl (C=O) groups excluding carboxylic acids is 2. The Morgan fingerprint density at radius 3 is 2.30 bits per heavy atom.